The van der Waals surface area contributed by atoms with Gasteiger partial charge in [-0.2, -0.15) is 0 Å². The zero-order valence-electron chi connectivity index (χ0n) is 11.6. The number of rotatable bonds is 4. The summed E-state index contributed by atoms with van der Waals surface area (Å²) in [6, 6.07) is 9.78. The standard InChI is InChI=1S/C15H24N2O/c1-12-4-6-13(7-5-12)15(17(2)3)10-14-11-18-9-8-16-14/h4-7,14-16H,8-11H2,1-3H3. The fraction of sp³-hybridized carbons (Fsp3) is 0.600. The third-order valence-electron chi connectivity index (χ3n) is 3.59. The van der Waals surface area contributed by atoms with E-state index in [0.29, 0.717) is 12.1 Å². The van der Waals surface area contributed by atoms with Gasteiger partial charge in [-0.25, -0.2) is 0 Å². The Balaban J connectivity index is 2.05. The minimum atomic E-state index is 0.449. The molecule has 18 heavy (non-hydrogen) atoms. The number of nitrogens with zero attached hydrogens (tertiary/aromatic N) is 1. The first kappa shape index (κ1) is 13.5. The predicted molar refractivity (Wildman–Crippen MR) is 74.8 cm³/mol. The summed E-state index contributed by atoms with van der Waals surface area (Å²) in [6.45, 7) is 4.77. The zero-order valence-corrected chi connectivity index (χ0v) is 11.6. The first-order chi connectivity index (χ1) is 8.66. The van der Waals surface area contributed by atoms with Gasteiger partial charge < -0.3 is 15.0 Å². The van der Waals surface area contributed by atoms with E-state index in [1.54, 1.807) is 0 Å². The van der Waals surface area contributed by atoms with Gasteiger partial charge in [0.1, 0.15) is 0 Å². The average molecular weight is 248 g/mol. The van der Waals surface area contributed by atoms with Crippen LogP contribution in [0.15, 0.2) is 24.3 Å². The first-order valence-electron chi connectivity index (χ1n) is 6.71. The molecular formula is C15H24N2O. The lowest BCUT2D eigenvalue weighted by molar-refractivity contribution is 0.0648. The fourth-order valence-electron chi connectivity index (χ4n) is 2.47. The van der Waals surface area contributed by atoms with E-state index in [2.05, 4.69) is 55.5 Å². The molecule has 0 spiro atoms. The molecule has 1 aromatic carbocycles. The van der Waals surface area contributed by atoms with Gasteiger partial charge >= 0.3 is 0 Å². The van der Waals surface area contributed by atoms with Crippen molar-refractivity contribution in [2.75, 3.05) is 33.9 Å². The van der Waals surface area contributed by atoms with Crippen molar-refractivity contribution in [1.29, 1.82) is 0 Å². The Morgan fingerprint density at radius 3 is 2.61 bits per heavy atom. The van der Waals surface area contributed by atoms with Gasteiger partial charge in [0.05, 0.1) is 13.2 Å². The smallest absolute Gasteiger partial charge is 0.0620 e. The molecule has 1 aliphatic heterocycles. The summed E-state index contributed by atoms with van der Waals surface area (Å²) in [4.78, 5) is 2.29. The van der Waals surface area contributed by atoms with Crippen LogP contribution in [0.1, 0.15) is 23.6 Å². The number of aryl methyl sites for hydroxylation is 1. The molecule has 100 valence electrons. The summed E-state index contributed by atoms with van der Waals surface area (Å²) >= 11 is 0. The van der Waals surface area contributed by atoms with Gasteiger partial charge in [-0.3, -0.25) is 0 Å². The number of hydrogen-bond donors (Lipinski definition) is 1. The summed E-state index contributed by atoms with van der Waals surface area (Å²) in [6.07, 6.45) is 1.09. The molecular weight excluding hydrogens is 224 g/mol. The fourth-order valence-corrected chi connectivity index (χ4v) is 2.47. The highest BCUT2D eigenvalue weighted by Crippen LogP contribution is 2.24. The van der Waals surface area contributed by atoms with Crippen molar-refractivity contribution in [1.82, 2.24) is 10.2 Å². The Morgan fingerprint density at radius 1 is 1.33 bits per heavy atom. The SMILES string of the molecule is Cc1ccc(C(CC2COCCN2)N(C)C)cc1. The molecule has 1 fully saturated rings. The molecule has 3 heteroatoms. The monoisotopic (exact) mass is 248 g/mol. The maximum Gasteiger partial charge on any atom is 0.0620 e. The second-order valence-corrected chi connectivity index (χ2v) is 5.35. The van der Waals surface area contributed by atoms with Gasteiger partial charge in [0.15, 0.2) is 0 Å². The minimum Gasteiger partial charge on any atom is -0.379 e. The van der Waals surface area contributed by atoms with Gasteiger partial charge in [-0.05, 0) is 33.0 Å². The van der Waals surface area contributed by atoms with Gasteiger partial charge in [-0.1, -0.05) is 29.8 Å². The van der Waals surface area contributed by atoms with E-state index in [4.69, 9.17) is 4.74 Å². The van der Waals surface area contributed by atoms with E-state index in [0.717, 1.165) is 26.2 Å². The largest absolute Gasteiger partial charge is 0.379 e. The van der Waals surface area contributed by atoms with Crippen LogP contribution in [0.3, 0.4) is 0 Å². The molecule has 2 rings (SSSR count). The molecule has 0 aliphatic carbocycles. The molecule has 0 saturated carbocycles. The highest BCUT2D eigenvalue weighted by molar-refractivity contribution is 5.24. The number of nitrogens with one attached hydrogen (secondary N) is 1. The van der Waals surface area contributed by atoms with Crippen LogP contribution in [0.5, 0.6) is 0 Å². The Hall–Kier alpha value is -0.900. The van der Waals surface area contributed by atoms with Crippen molar-refractivity contribution in [3.8, 4) is 0 Å². The number of benzene rings is 1. The molecule has 0 bridgehead atoms. The third-order valence-corrected chi connectivity index (χ3v) is 3.59. The molecule has 2 atom stereocenters. The predicted octanol–water partition coefficient (Wildman–Crippen LogP) is 1.98. The van der Waals surface area contributed by atoms with E-state index in [1.165, 1.54) is 11.1 Å². The molecule has 1 saturated heterocycles. The van der Waals surface area contributed by atoms with Crippen molar-refractivity contribution < 1.29 is 4.74 Å². The van der Waals surface area contributed by atoms with E-state index >= 15 is 0 Å². The van der Waals surface area contributed by atoms with Crippen LogP contribution < -0.4 is 5.32 Å². The number of ether oxygens (including phenoxy) is 1. The van der Waals surface area contributed by atoms with Gasteiger partial charge in [0.2, 0.25) is 0 Å². The lowest BCUT2D eigenvalue weighted by atomic mass is 9.97. The van der Waals surface area contributed by atoms with Crippen molar-refractivity contribution in [3.63, 3.8) is 0 Å². The molecule has 1 aromatic rings. The van der Waals surface area contributed by atoms with Gasteiger partial charge in [0, 0.05) is 18.6 Å². The maximum atomic E-state index is 5.54. The Labute approximate surface area is 110 Å². The second kappa shape index (κ2) is 6.32. The number of morpholine rings is 1. The van der Waals surface area contributed by atoms with Gasteiger partial charge in [0.25, 0.3) is 0 Å². The van der Waals surface area contributed by atoms with E-state index in [1.807, 2.05) is 0 Å². The molecule has 1 N–H and O–H groups in total. The van der Waals surface area contributed by atoms with Crippen LogP contribution in [0.4, 0.5) is 0 Å². The van der Waals surface area contributed by atoms with E-state index in [9.17, 15) is 0 Å². The molecule has 0 aromatic heterocycles. The van der Waals surface area contributed by atoms with Crippen LogP contribution in [-0.4, -0.2) is 44.8 Å². The third kappa shape index (κ3) is 3.55. The Bertz CT molecular complexity index is 355. The molecule has 0 radical (unpaired) electrons. The number of hydrogen-bond acceptors (Lipinski definition) is 3. The molecule has 3 nitrogen and oxygen atoms in total. The van der Waals surface area contributed by atoms with Crippen LogP contribution in [0, 0.1) is 6.92 Å². The van der Waals surface area contributed by atoms with Crippen LogP contribution in [0.2, 0.25) is 0 Å². The maximum absolute atomic E-state index is 5.54. The molecule has 2 unspecified atom stereocenters. The quantitative estimate of drug-likeness (QED) is 0.882. The normalized spacial score (nSPS) is 22.1. The summed E-state index contributed by atoms with van der Waals surface area (Å²) in [5.41, 5.74) is 2.70. The lowest BCUT2D eigenvalue weighted by Crippen LogP contribution is -2.43. The second-order valence-electron chi connectivity index (χ2n) is 5.35. The lowest BCUT2D eigenvalue weighted by Gasteiger charge is -2.31. The average Bonchev–Trinajstić information content (AvgIpc) is 2.38. The topological polar surface area (TPSA) is 24.5 Å². The summed E-state index contributed by atoms with van der Waals surface area (Å²) in [7, 11) is 4.29. The molecule has 1 heterocycles. The van der Waals surface area contributed by atoms with Crippen molar-refractivity contribution in [2.45, 2.75) is 25.4 Å². The zero-order chi connectivity index (χ0) is 13.0. The molecule has 1 aliphatic rings. The van der Waals surface area contributed by atoms with E-state index < -0.39 is 0 Å². The van der Waals surface area contributed by atoms with Crippen molar-refractivity contribution in [3.05, 3.63) is 35.4 Å². The van der Waals surface area contributed by atoms with E-state index in [-0.39, 0.29) is 0 Å². The first-order valence-corrected chi connectivity index (χ1v) is 6.71. The summed E-state index contributed by atoms with van der Waals surface area (Å²) < 4.78 is 5.54. The van der Waals surface area contributed by atoms with Crippen molar-refractivity contribution >= 4 is 0 Å². The summed E-state index contributed by atoms with van der Waals surface area (Å²) in [5, 5.41) is 3.53. The minimum absolute atomic E-state index is 0.449. The van der Waals surface area contributed by atoms with Gasteiger partial charge in [-0.15, -0.1) is 0 Å². The van der Waals surface area contributed by atoms with Crippen LogP contribution in [0.25, 0.3) is 0 Å². The Morgan fingerprint density at radius 2 is 2.06 bits per heavy atom. The Kier molecular flexibility index (Phi) is 4.75. The molecule has 0 amide bonds. The van der Waals surface area contributed by atoms with Crippen LogP contribution >= 0.6 is 0 Å². The highest BCUT2D eigenvalue weighted by atomic mass is 16.5. The summed E-state index contributed by atoms with van der Waals surface area (Å²) in [5.74, 6) is 0. The van der Waals surface area contributed by atoms with Crippen LogP contribution in [-0.2, 0) is 4.74 Å². The van der Waals surface area contributed by atoms with Crippen molar-refractivity contribution in [2.24, 2.45) is 0 Å². The highest BCUT2D eigenvalue weighted by Gasteiger charge is 2.21.